The normalized spacial score (nSPS) is 10.5. The molecule has 0 spiro atoms. The van der Waals surface area contributed by atoms with Crippen LogP contribution in [0.3, 0.4) is 0 Å². The number of hydrogen-bond donors (Lipinski definition) is 2. The van der Waals surface area contributed by atoms with E-state index in [1.165, 1.54) is 35.6 Å². The van der Waals surface area contributed by atoms with E-state index in [2.05, 4.69) is 5.32 Å². The minimum atomic E-state index is -1.15. The van der Waals surface area contributed by atoms with E-state index in [0.717, 1.165) is 5.56 Å². The van der Waals surface area contributed by atoms with Crippen LogP contribution in [-0.2, 0) is 0 Å². The van der Waals surface area contributed by atoms with Crippen molar-refractivity contribution in [1.82, 2.24) is 0 Å². The number of amides is 1. The molecule has 3 aromatic rings. The van der Waals surface area contributed by atoms with Crippen molar-refractivity contribution < 1.29 is 19.1 Å². The molecule has 0 aliphatic carbocycles. The number of anilines is 1. The molecule has 0 aliphatic heterocycles. The number of halogens is 1. The fourth-order valence-electron chi connectivity index (χ4n) is 2.46. The Kier molecular flexibility index (Phi) is 4.63. The molecule has 0 radical (unpaired) electrons. The number of aromatic carboxylic acids is 1. The molecular weight excluding hydrogens is 341 g/mol. The van der Waals surface area contributed by atoms with Gasteiger partial charge in [-0.3, -0.25) is 4.79 Å². The molecule has 3 rings (SSSR count). The highest BCUT2D eigenvalue weighted by atomic mass is 32.1. The molecule has 0 unspecified atom stereocenters. The molecule has 2 N–H and O–H groups in total. The summed E-state index contributed by atoms with van der Waals surface area (Å²) in [6.07, 6.45) is 0. The maximum absolute atomic E-state index is 13.1. The second kappa shape index (κ2) is 6.86. The predicted molar refractivity (Wildman–Crippen MR) is 95.8 cm³/mol. The summed E-state index contributed by atoms with van der Waals surface area (Å²) in [5, 5.41) is 13.8. The largest absolute Gasteiger partial charge is 0.478 e. The van der Waals surface area contributed by atoms with Crippen LogP contribution in [0.2, 0.25) is 0 Å². The van der Waals surface area contributed by atoms with E-state index in [9.17, 15) is 19.1 Å². The lowest BCUT2D eigenvalue weighted by Gasteiger charge is -2.07. The topological polar surface area (TPSA) is 66.4 Å². The van der Waals surface area contributed by atoms with Crippen LogP contribution in [0.4, 0.5) is 10.1 Å². The number of thiophene rings is 1. The first-order valence-electron chi connectivity index (χ1n) is 7.44. The molecule has 126 valence electrons. The first kappa shape index (κ1) is 16.9. The highest BCUT2D eigenvalue weighted by molar-refractivity contribution is 7.14. The minimum Gasteiger partial charge on any atom is -0.478 e. The Bertz CT molecular complexity index is 948. The number of carbonyl (C=O) groups excluding carboxylic acids is 1. The van der Waals surface area contributed by atoms with Crippen molar-refractivity contribution >= 4 is 28.9 Å². The molecule has 1 heterocycles. The number of carboxylic acids is 1. The van der Waals surface area contributed by atoms with Gasteiger partial charge in [0.15, 0.2) is 0 Å². The quantitative estimate of drug-likeness (QED) is 0.705. The van der Waals surface area contributed by atoms with Crippen LogP contribution < -0.4 is 5.32 Å². The molecular formula is C19H14FNO3S. The third kappa shape index (κ3) is 3.59. The van der Waals surface area contributed by atoms with Gasteiger partial charge >= 0.3 is 5.97 Å². The summed E-state index contributed by atoms with van der Waals surface area (Å²) < 4.78 is 13.1. The van der Waals surface area contributed by atoms with E-state index in [1.807, 2.05) is 13.0 Å². The van der Waals surface area contributed by atoms with Crippen molar-refractivity contribution in [2.24, 2.45) is 0 Å². The first-order chi connectivity index (χ1) is 12.0. The van der Waals surface area contributed by atoms with Gasteiger partial charge in [-0.25, -0.2) is 9.18 Å². The molecule has 0 atom stereocenters. The zero-order valence-electron chi connectivity index (χ0n) is 13.2. The van der Waals surface area contributed by atoms with Crippen LogP contribution in [-0.4, -0.2) is 17.0 Å². The summed E-state index contributed by atoms with van der Waals surface area (Å²) in [4.78, 5) is 24.5. The minimum absolute atomic E-state index is 0.00221. The number of aryl methyl sites for hydroxylation is 1. The molecule has 0 bridgehead atoms. The van der Waals surface area contributed by atoms with Crippen LogP contribution in [0.1, 0.15) is 26.3 Å². The summed E-state index contributed by atoms with van der Waals surface area (Å²) in [5.74, 6) is -1.93. The number of rotatable bonds is 4. The van der Waals surface area contributed by atoms with Crippen LogP contribution in [0, 0.1) is 12.7 Å². The zero-order valence-corrected chi connectivity index (χ0v) is 14.1. The molecule has 0 saturated heterocycles. The lowest BCUT2D eigenvalue weighted by Crippen LogP contribution is -2.14. The van der Waals surface area contributed by atoms with Gasteiger partial charge in [0.05, 0.1) is 10.6 Å². The SMILES string of the molecule is Cc1cccc(C(=O)Nc2csc(-c3ccc(F)cc3)c2C(=O)O)c1. The fraction of sp³-hybridized carbons (Fsp3) is 0.0526. The Hall–Kier alpha value is -2.99. The van der Waals surface area contributed by atoms with Gasteiger partial charge in [-0.15, -0.1) is 11.3 Å². The van der Waals surface area contributed by atoms with Crippen LogP contribution in [0.5, 0.6) is 0 Å². The van der Waals surface area contributed by atoms with Crippen molar-refractivity contribution in [3.8, 4) is 10.4 Å². The molecule has 1 amide bonds. The number of carbonyl (C=O) groups is 2. The van der Waals surface area contributed by atoms with E-state index in [4.69, 9.17) is 0 Å². The average Bonchev–Trinajstić information content (AvgIpc) is 2.99. The number of benzene rings is 2. The van der Waals surface area contributed by atoms with Crippen molar-refractivity contribution in [3.05, 3.63) is 76.4 Å². The van der Waals surface area contributed by atoms with E-state index in [-0.39, 0.29) is 17.2 Å². The van der Waals surface area contributed by atoms with Gasteiger partial charge in [0.2, 0.25) is 0 Å². The van der Waals surface area contributed by atoms with Crippen LogP contribution in [0.15, 0.2) is 53.9 Å². The smallest absolute Gasteiger partial charge is 0.339 e. The Labute approximate surface area is 147 Å². The van der Waals surface area contributed by atoms with Gasteiger partial charge in [0.25, 0.3) is 5.91 Å². The van der Waals surface area contributed by atoms with Gasteiger partial charge in [-0.05, 0) is 36.8 Å². The van der Waals surface area contributed by atoms with Crippen molar-refractivity contribution in [1.29, 1.82) is 0 Å². The maximum Gasteiger partial charge on any atom is 0.339 e. The third-order valence-corrected chi connectivity index (χ3v) is 4.67. The second-order valence-corrected chi connectivity index (χ2v) is 6.37. The number of hydrogen-bond acceptors (Lipinski definition) is 3. The fourth-order valence-corrected chi connectivity index (χ4v) is 3.46. The summed E-state index contributed by atoms with van der Waals surface area (Å²) in [6, 6.07) is 12.6. The van der Waals surface area contributed by atoms with Crippen LogP contribution >= 0.6 is 11.3 Å². The first-order valence-corrected chi connectivity index (χ1v) is 8.32. The summed E-state index contributed by atoms with van der Waals surface area (Å²) in [6.45, 7) is 1.87. The van der Waals surface area contributed by atoms with E-state index >= 15 is 0 Å². The highest BCUT2D eigenvalue weighted by Gasteiger charge is 2.21. The van der Waals surface area contributed by atoms with Crippen molar-refractivity contribution in [2.75, 3.05) is 5.32 Å². The molecule has 0 aliphatic rings. The van der Waals surface area contributed by atoms with E-state index in [0.29, 0.717) is 16.0 Å². The Morgan fingerprint density at radius 3 is 2.48 bits per heavy atom. The Balaban J connectivity index is 1.96. The molecule has 25 heavy (non-hydrogen) atoms. The molecule has 4 nitrogen and oxygen atoms in total. The average molecular weight is 355 g/mol. The molecule has 2 aromatic carbocycles. The van der Waals surface area contributed by atoms with Crippen molar-refractivity contribution in [2.45, 2.75) is 6.92 Å². The maximum atomic E-state index is 13.1. The number of nitrogens with one attached hydrogen (secondary N) is 1. The van der Waals surface area contributed by atoms with Gasteiger partial charge < -0.3 is 10.4 Å². The zero-order chi connectivity index (χ0) is 18.0. The Morgan fingerprint density at radius 2 is 1.84 bits per heavy atom. The third-order valence-electron chi connectivity index (χ3n) is 3.64. The van der Waals surface area contributed by atoms with Gasteiger partial charge in [-0.2, -0.15) is 0 Å². The standard InChI is InChI=1S/C19H14FNO3S/c1-11-3-2-4-13(9-11)18(22)21-15-10-25-17(16(15)19(23)24)12-5-7-14(20)8-6-12/h2-10H,1H3,(H,21,22)(H,23,24). The Morgan fingerprint density at radius 1 is 1.12 bits per heavy atom. The second-order valence-electron chi connectivity index (χ2n) is 5.49. The van der Waals surface area contributed by atoms with Crippen molar-refractivity contribution in [3.63, 3.8) is 0 Å². The monoisotopic (exact) mass is 355 g/mol. The van der Waals surface area contributed by atoms with E-state index < -0.39 is 11.8 Å². The van der Waals surface area contributed by atoms with Crippen LogP contribution in [0.25, 0.3) is 10.4 Å². The van der Waals surface area contributed by atoms with Gasteiger partial charge in [-0.1, -0.05) is 29.8 Å². The lowest BCUT2D eigenvalue weighted by atomic mass is 10.1. The summed E-state index contributed by atoms with van der Waals surface area (Å²) in [7, 11) is 0. The van der Waals surface area contributed by atoms with Gasteiger partial charge in [0, 0.05) is 10.9 Å². The predicted octanol–water partition coefficient (Wildman–Crippen LogP) is 4.81. The highest BCUT2D eigenvalue weighted by Crippen LogP contribution is 2.36. The van der Waals surface area contributed by atoms with Gasteiger partial charge in [0.1, 0.15) is 11.4 Å². The van der Waals surface area contributed by atoms with E-state index in [1.54, 1.807) is 23.6 Å². The molecule has 0 fully saturated rings. The summed E-state index contributed by atoms with van der Waals surface area (Å²) >= 11 is 1.19. The molecule has 6 heteroatoms. The number of carboxylic acid groups (broad SMARTS) is 1. The molecule has 1 aromatic heterocycles. The molecule has 0 saturated carbocycles. The lowest BCUT2D eigenvalue weighted by molar-refractivity contribution is 0.0699. The summed E-state index contributed by atoms with van der Waals surface area (Å²) in [5.41, 5.74) is 2.19.